The molecule has 2 rings (SSSR count). The van der Waals surface area contributed by atoms with E-state index in [0.29, 0.717) is 11.5 Å². The topological polar surface area (TPSA) is 63.8 Å². The fourth-order valence-electron chi connectivity index (χ4n) is 1.77. The lowest BCUT2D eigenvalue weighted by Gasteiger charge is -2.16. The summed E-state index contributed by atoms with van der Waals surface area (Å²) in [5, 5.41) is 3.29. The van der Waals surface area contributed by atoms with Gasteiger partial charge in [0.2, 0.25) is 0 Å². The van der Waals surface area contributed by atoms with E-state index >= 15 is 0 Å². The second-order valence-corrected chi connectivity index (χ2v) is 4.83. The van der Waals surface area contributed by atoms with Gasteiger partial charge in [-0.3, -0.25) is 0 Å². The van der Waals surface area contributed by atoms with E-state index in [1.165, 1.54) is 11.1 Å². The molecule has 0 saturated carbocycles. The minimum Gasteiger partial charge on any atom is -0.388 e. The maximum absolute atomic E-state index is 5.64. The zero-order chi connectivity index (χ0) is 13.8. The lowest BCUT2D eigenvalue weighted by Crippen LogP contribution is -2.17. The van der Waals surface area contributed by atoms with Gasteiger partial charge in [-0.1, -0.05) is 42.0 Å². The van der Waals surface area contributed by atoms with Crippen LogP contribution in [0.1, 0.15) is 29.8 Å². The molecule has 1 aromatic heterocycles. The number of nitrogens with zero attached hydrogens (tertiary/aromatic N) is 2. The molecule has 0 aliphatic carbocycles. The number of thiocarbonyl (C=S) groups is 1. The van der Waals surface area contributed by atoms with Crippen LogP contribution < -0.4 is 11.1 Å². The van der Waals surface area contributed by atoms with Gasteiger partial charge in [0.1, 0.15) is 10.7 Å². The van der Waals surface area contributed by atoms with Crippen molar-refractivity contribution in [1.82, 2.24) is 9.97 Å². The number of nitrogens with one attached hydrogen (secondary N) is 1. The third kappa shape index (κ3) is 3.26. The largest absolute Gasteiger partial charge is 0.388 e. The Labute approximate surface area is 118 Å². The molecule has 19 heavy (non-hydrogen) atoms. The van der Waals surface area contributed by atoms with Crippen LogP contribution in [0, 0.1) is 6.92 Å². The molecule has 1 unspecified atom stereocenters. The van der Waals surface area contributed by atoms with Gasteiger partial charge < -0.3 is 11.1 Å². The van der Waals surface area contributed by atoms with Crippen molar-refractivity contribution in [1.29, 1.82) is 0 Å². The van der Waals surface area contributed by atoms with Gasteiger partial charge in [0.25, 0.3) is 0 Å². The highest BCUT2D eigenvalue weighted by molar-refractivity contribution is 7.80. The van der Waals surface area contributed by atoms with E-state index in [1.807, 2.05) is 0 Å². The summed E-state index contributed by atoms with van der Waals surface area (Å²) in [7, 11) is 0. The van der Waals surface area contributed by atoms with Crippen molar-refractivity contribution in [3.05, 3.63) is 53.5 Å². The normalized spacial score (nSPS) is 11.9. The zero-order valence-electron chi connectivity index (χ0n) is 10.9. The summed E-state index contributed by atoms with van der Waals surface area (Å²) < 4.78 is 0. The SMILES string of the molecule is Cc1ccc(C(C)Nc2nccnc2C(N)=S)cc1. The van der Waals surface area contributed by atoms with Gasteiger partial charge in [-0.2, -0.15) is 0 Å². The molecule has 0 aliphatic rings. The predicted octanol–water partition coefficient (Wildman–Crippen LogP) is 2.59. The summed E-state index contributed by atoms with van der Waals surface area (Å²) in [5.74, 6) is 0.614. The summed E-state index contributed by atoms with van der Waals surface area (Å²) in [5.41, 5.74) is 8.57. The average molecular weight is 272 g/mol. The Morgan fingerprint density at radius 2 is 1.84 bits per heavy atom. The predicted molar refractivity (Wildman–Crippen MR) is 81.1 cm³/mol. The van der Waals surface area contributed by atoms with Crippen LogP contribution in [0.2, 0.25) is 0 Å². The Kier molecular flexibility index (Phi) is 4.06. The third-order valence-electron chi connectivity index (χ3n) is 2.86. The molecule has 0 bridgehead atoms. The lowest BCUT2D eigenvalue weighted by atomic mass is 10.1. The summed E-state index contributed by atoms with van der Waals surface area (Å²) >= 11 is 4.97. The highest BCUT2D eigenvalue weighted by Crippen LogP contribution is 2.19. The molecule has 1 aromatic carbocycles. The molecule has 2 aromatic rings. The van der Waals surface area contributed by atoms with Crippen molar-refractivity contribution in [3.63, 3.8) is 0 Å². The zero-order valence-corrected chi connectivity index (χ0v) is 11.7. The van der Waals surface area contributed by atoms with Crippen molar-refractivity contribution < 1.29 is 0 Å². The minimum atomic E-state index is 0.102. The molecular weight excluding hydrogens is 256 g/mol. The Balaban J connectivity index is 2.21. The van der Waals surface area contributed by atoms with Crippen LogP contribution in [-0.2, 0) is 0 Å². The van der Waals surface area contributed by atoms with Crippen molar-refractivity contribution >= 4 is 23.0 Å². The van der Waals surface area contributed by atoms with Gasteiger partial charge in [-0.25, -0.2) is 9.97 Å². The van der Waals surface area contributed by atoms with Gasteiger partial charge in [-0.05, 0) is 19.4 Å². The molecule has 4 nitrogen and oxygen atoms in total. The maximum Gasteiger partial charge on any atom is 0.155 e. The van der Waals surface area contributed by atoms with Gasteiger partial charge in [0, 0.05) is 12.4 Å². The fourth-order valence-corrected chi connectivity index (χ4v) is 1.92. The molecule has 3 N–H and O–H groups in total. The van der Waals surface area contributed by atoms with E-state index in [0.717, 1.165) is 0 Å². The van der Waals surface area contributed by atoms with Crippen molar-refractivity contribution in [2.75, 3.05) is 5.32 Å². The first-order chi connectivity index (χ1) is 9.08. The van der Waals surface area contributed by atoms with Gasteiger partial charge in [-0.15, -0.1) is 0 Å². The monoisotopic (exact) mass is 272 g/mol. The molecule has 5 heteroatoms. The Hall–Kier alpha value is -2.01. The number of rotatable bonds is 4. The van der Waals surface area contributed by atoms with Crippen LogP contribution in [0.3, 0.4) is 0 Å². The molecule has 98 valence electrons. The Morgan fingerprint density at radius 3 is 2.47 bits per heavy atom. The summed E-state index contributed by atoms with van der Waals surface area (Å²) in [6.45, 7) is 4.12. The van der Waals surface area contributed by atoms with Crippen LogP contribution in [0.15, 0.2) is 36.7 Å². The third-order valence-corrected chi connectivity index (χ3v) is 3.06. The number of nitrogens with two attached hydrogens (primary N) is 1. The Bertz CT molecular complexity index is 580. The van der Waals surface area contributed by atoms with E-state index in [1.54, 1.807) is 12.4 Å². The summed E-state index contributed by atoms with van der Waals surface area (Å²) in [6.07, 6.45) is 3.20. The second-order valence-electron chi connectivity index (χ2n) is 4.39. The number of aromatic nitrogens is 2. The van der Waals surface area contributed by atoms with Crippen LogP contribution in [0.25, 0.3) is 0 Å². The smallest absolute Gasteiger partial charge is 0.155 e. The average Bonchev–Trinajstić information content (AvgIpc) is 2.39. The van der Waals surface area contributed by atoms with Gasteiger partial charge in [0.05, 0.1) is 6.04 Å². The van der Waals surface area contributed by atoms with Crippen molar-refractivity contribution in [3.8, 4) is 0 Å². The highest BCUT2D eigenvalue weighted by Gasteiger charge is 2.11. The van der Waals surface area contributed by atoms with Crippen molar-refractivity contribution in [2.24, 2.45) is 5.73 Å². The lowest BCUT2D eigenvalue weighted by molar-refractivity contribution is 0.869. The van der Waals surface area contributed by atoms with E-state index in [-0.39, 0.29) is 11.0 Å². The quantitative estimate of drug-likeness (QED) is 0.838. The first-order valence-electron chi connectivity index (χ1n) is 6.02. The van der Waals surface area contributed by atoms with Crippen LogP contribution in [0.5, 0.6) is 0 Å². The van der Waals surface area contributed by atoms with Gasteiger partial charge >= 0.3 is 0 Å². The van der Waals surface area contributed by atoms with Crippen LogP contribution in [-0.4, -0.2) is 15.0 Å². The first kappa shape index (κ1) is 13.4. The van der Waals surface area contributed by atoms with Crippen molar-refractivity contribution in [2.45, 2.75) is 19.9 Å². The number of anilines is 1. The maximum atomic E-state index is 5.64. The molecule has 1 heterocycles. The van der Waals surface area contributed by atoms with Crippen LogP contribution in [0.4, 0.5) is 5.82 Å². The summed E-state index contributed by atoms with van der Waals surface area (Å²) in [4.78, 5) is 8.63. The van der Waals surface area contributed by atoms with E-state index < -0.39 is 0 Å². The highest BCUT2D eigenvalue weighted by atomic mass is 32.1. The van der Waals surface area contributed by atoms with Crippen LogP contribution >= 0.6 is 12.2 Å². The first-order valence-corrected chi connectivity index (χ1v) is 6.42. The number of benzene rings is 1. The second kappa shape index (κ2) is 5.75. The molecular formula is C14H16N4S. The molecule has 0 spiro atoms. The number of hydrogen-bond acceptors (Lipinski definition) is 4. The Morgan fingerprint density at radius 1 is 1.21 bits per heavy atom. The summed E-state index contributed by atoms with van der Waals surface area (Å²) in [6, 6.07) is 8.44. The molecule has 0 amide bonds. The van der Waals surface area contributed by atoms with Gasteiger partial charge in [0.15, 0.2) is 5.82 Å². The number of hydrogen-bond donors (Lipinski definition) is 2. The van der Waals surface area contributed by atoms with E-state index in [9.17, 15) is 0 Å². The molecule has 0 saturated heterocycles. The molecule has 0 fully saturated rings. The molecule has 0 aliphatic heterocycles. The molecule has 0 radical (unpaired) electrons. The van der Waals surface area contributed by atoms with E-state index in [2.05, 4.69) is 53.4 Å². The fraction of sp³-hybridized carbons (Fsp3) is 0.214. The number of aryl methyl sites for hydroxylation is 1. The standard InChI is InChI=1S/C14H16N4S/c1-9-3-5-11(6-4-9)10(2)18-14-12(13(15)19)16-7-8-17-14/h3-8,10H,1-2H3,(H2,15,19)(H,17,18). The minimum absolute atomic E-state index is 0.102. The van der Waals surface area contributed by atoms with E-state index in [4.69, 9.17) is 18.0 Å². The molecule has 1 atom stereocenters.